The zero-order chi connectivity index (χ0) is 25.6. The molecule has 0 aromatic heterocycles. The number of anilines is 1. The standard InChI is InChI=1S/C25H26FNO7S/c1-30-20-13-8-17(7-6-16-14-21(31-2)24(33-4)22(15-16)32-3)23(25(20)34-5)27-35(28,29)19-11-9-18(26)10-12-19/h6-15,27H,1-5H3. The van der Waals surface area contributed by atoms with Crippen molar-refractivity contribution < 1.29 is 36.5 Å². The van der Waals surface area contributed by atoms with E-state index in [1.165, 1.54) is 47.7 Å². The van der Waals surface area contributed by atoms with Gasteiger partial charge in [-0.1, -0.05) is 12.2 Å². The quantitative estimate of drug-likeness (QED) is 0.396. The molecular weight excluding hydrogens is 477 g/mol. The summed E-state index contributed by atoms with van der Waals surface area (Å²) < 4.78 is 68.9. The molecule has 10 heteroatoms. The predicted octanol–water partition coefficient (Wildman–Crippen LogP) is 4.84. The van der Waals surface area contributed by atoms with Gasteiger partial charge in [0.05, 0.1) is 40.4 Å². The highest BCUT2D eigenvalue weighted by molar-refractivity contribution is 7.92. The number of ether oxygens (including phenoxy) is 5. The van der Waals surface area contributed by atoms with E-state index >= 15 is 0 Å². The largest absolute Gasteiger partial charge is 0.493 e. The van der Waals surface area contributed by atoms with Crippen LogP contribution in [0.25, 0.3) is 12.2 Å². The first-order valence-electron chi connectivity index (χ1n) is 10.3. The van der Waals surface area contributed by atoms with E-state index in [0.29, 0.717) is 34.1 Å². The van der Waals surface area contributed by atoms with Gasteiger partial charge in [0, 0.05) is 5.56 Å². The Morgan fingerprint density at radius 1 is 0.714 bits per heavy atom. The van der Waals surface area contributed by atoms with E-state index in [2.05, 4.69) is 4.72 Å². The lowest BCUT2D eigenvalue weighted by atomic mass is 10.1. The van der Waals surface area contributed by atoms with Crippen LogP contribution in [0.3, 0.4) is 0 Å². The lowest BCUT2D eigenvalue weighted by molar-refractivity contribution is 0.324. The van der Waals surface area contributed by atoms with Crippen LogP contribution in [0.4, 0.5) is 10.1 Å². The Morgan fingerprint density at radius 3 is 1.80 bits per heavy atom. The van der Waals surface area contributed by atoms with Crippen molar-refractivity contribution in [2.45, 2.75) is 4.90 Å². The topological polar surface area (TPSA) is 92.3 Å². The predicted molar refractivity (Wildman–Crippen MR) is 132 cm³/mol. The number of methoxy groups -OCH3 is 5. The first-order chi connectivity index (χ1) is 16.8. The van der Waals surface area contributed by atoms with E-state index in [1.54, 1.807) is 36.4 Å². The molecule has 0 saturated carbocycles. The molecule has 186 valence electrons. The summed E-state index contributed by atoms with van der Waals surface area (Å²) in [5.74, 6) is 1.36. The molecule has 35 heavy (non-hydrogen) atoms. The van der Waals surface area contributed by atoms with Crippen LogP contribution in [-0.2, 0) is 10.0 Å². The molecule has 0 saturated heterocycles. The van der Waals surface area contributed by atoms with E-state index in [9.17, 15) is 12.8 Å². The second-order valence-corrected chi connectivity index (χ2v) is 8.80. The summed E-state index contributed by atoms with van der Waals surface area (Å²) >= 11 is 0. The molecule has 0 atom stereocenters. The van der Waals surface area contributed by atoms with Crippen molar-refractivity contribution in [3.05, 3.63) is 65.5 Å². The summed E-state index contributed by atoms with van der Waals surface area (Å²) in [7, 11) is 3.33. The molecular formula is C25H26FNO7S. The zero-order valence-electron chi connectivity index (χ0n) is 19.9. The molecule has 1 N–H and O–H groups in total. The van der Waals surface area contributed by atoms with E-state index in [1.807, 2.05) is 0 Å². The number of sulfonamides is 1. The Hall–Kier alpha value is -3.92. The number of nitrogens with one attached hydrogen (secondary N) is 1. The van der Waals surface area contributed by atoms with Gasteiger partial charge >= 0.3 is 0 Å². The maximum atomic E-state index is 13.3. The highest BCUT2D eigenvalue weighted by Gasteiger charge is 2.21. The molecule has 0 spiro atoms. The van der Waals surface area contributed by atoms with Gasteiger partial charge < -0.3 is 23.7 Å². The third-order valence-electron chi connectivity index (χ3n) is 5.08. The zero-order valence-corrected chi connectivity index (χ0v) is 20.7. The van der Waals surface area contributed by atoms with Gasteiger partial charge in [-0.3, -0.25) is 4.72 Å². The van der Waals surface area contributed by atoms with Gasteiger partial charge in [-0.05, 0) is 54.1 Å². The second-order valence-electron chi connectivity index (χ2n) is 7.12. The van der Waals surface area contributed by atoms with Crippen molar-refractivity contribution in [1.29, 1.82) is 0 Å². The Labute approximate surface area is 203 Å². The number of halogens is 1. The summed E-state index contributed by atoms with van der Waals surface area (Å²) in [6.07, 6.45) is 3.45. The molecule has 3 rings (SSSR count). The summed E-state index contributed by atoms with van der Waals surface area (Å²) in [5.41, 5.74) is 1.35. The molecule has 8 nitrogen and oxygen atoms in total. The van der Waals surface area contributed by atoms with Crippen LogP contribution in [0.15, 0.2) is 53.4 Å². The average molecular weight is 504 g/mol. The van der Waals surface area contributed by atoms with Crippen molar-refractivity contribution in [2.24, 2.45) is 0 Å². The molecule has 0 heterocycles. The summed E-state index contributed by atoms with van der Waals surface area (Å²) in [5, 5.41) is 0. The first-order valence-corrected chi connectivity index (χ1v) is 11.8. The van der Waals surface area contributed by atoms with Crippen LogP contribution in [0.1, 0.15) is 11.1 Å². The molecule has 0 bridgehead atoms. The van der Waals surface area contributed by atoms with Gasteiger partial charge in [-0.25, -0.2) is 12.8 Å². The fraction of sp³-hybridized carbons (Fsp3) is 0.200. The minimum atomic E-state index is -4.07. The van der Waals surface area contributed by atoms with Crippen molar-refractivity contribution in [3.8, 4) is 28.7 Å². The summed E-state index contributed by atoms with van der Waals surface area (Å²) in [6.45, 7) is 0. The Balaban J connectivity index is 2.10. The van der Waals surface area contributed by atoms with Crippen molar-refractivity contribution >= 4 is 27.9 Å². The van der Waals surface area contributed by atoms with Crippen molar-refractivity contribution in [1.82, 2.24) is 0 Å². The van der Waals surface area contributed by atoms with Gasteiger partial charge in [-0.15, -0.1) is 0 Å². The van der Waals surface area contributed by atoms with Gasteiger partial charge in [0.15, 0.2) is 23.0 Å². The van der Waals surface area contributed by atoms with Crippen molar-refractivity contribution in [3.63, 3.8) is 0 Å². The normalized spacial score (nSPS) is 11.3. The van der Waals surface area contributed by atoms with Gasteiger partial charge in [0.25, 0.3) is 10.0 Å². The first kappa shape index (κ1) is 25.7. The van der Waals surface area contributed by atoms with Crippen LogP contribution >= 0.6 is 0 Å². The molecule has 0 aliphatic rings. The fourth-order valence-electron chi connectivity index (χ4n) is 3.38. The minimum Gasteiger partial charge on any atom is -0.493 e. The molecule has 0 amide bonds. The highest BCUT2D eigenvalue weighted by Crippen LogP contribution is 2.41. The molecule has 0 aliphatic heterocycles. The molecule has 0 radical (unpaired) electrons. The lowest BCUT2D eigenvalue weighted by Crippen LogP contribution is -2.15. The monoisotopic (exact) mass is 503 g/mol. The number of benzene rings is 3. The second kappa shape index (κ2) is 11.0. The number of hydrogen-bond acceptors (Lipinski definition) is 7. The smallest absolute Gasteiger partial charge is 0.262 e. The minimum absolute atomic E-state index is 0.108. The van der Waals surface area contributed by atoms with E-state index in [4.69, 9.17) is 23.7 Å². The van der Waals surface area contributed by atoms with Crippen LogP contribution in [-0.4, -0.2) is 44.0 Å². The van der Waals surface area contributed by atoms with E-state index in [0.717, 1.165) is 12.1 Å². The maximum Gasteiger partial charge on any atom is 0.262 e. The Bertz CT molecular complexity index is 1300. The van der Waals surface area contributed by atoms with E-state index in [-0.39, 0.29) is 16.3 Å². The van der Waals surface area contributed by atoms with Gasteiger partial charge in [0.2, 0.25) is 5.75 Å². The summed E-state index contributed by atoms with van der Waals surface area (Å²) in [6, 6.07) is 11.3. The lowest BCUT2D eigenvalue weighted by Gasteiger charge is -2.17. The average Bonchev–Trinajstić information content (AvgIpc) is 2.86. The Kier molecular flexibility index (Phi) is 8.08. The molecule has 3 aromatic carbocycles. The number of hydrogen-bond donors (Lipinski definition) is 1. The fourth-order valence-corrected chi connectivity index (χ4v) is 4.47. The highest BCUT2D eigenvalue weighted by atomic mass is 32.2. The third-order valence-corrected chi connectivity index (χ3v) is 6.45. The van der Waals surface area contributed by atoms with Gasteiger partial charge in [-0.2, -0.15) is 0 Å². The molecule has 3 aromatic rings. The summed E-state index contributed by atoms with van der Waals surface area (Å²) in [4.78, 5) is -0.108. The van der Waals surface area contributed by atoms with Gasteiger partial charge in [0.1, 0.15) is 11.5 Å². The van der Waals surface area contributed by atoms with Crippen LogP contribution in [0, 0.1) is 5.82 Å². The number of rotatable bonds is 10. The van der Waals surface area contributed by atoms with Crippen LogP contribution in [0.2, 0.25) is 0 Å². The van der Waals surface area contributed by atoms with E-state index < -0.39 is 15.8 Å². The Morgan fingerprint density at radius 2 is 1.29 bits per heavy atom. The van der Waals surface area contributed by atoms with Crippen molar-refractivity contribution in [2.75, 3.05) is 40.3 Å². The maximum absolute atomic E-state index is 13.3. The SMILES string of the molecule is COc1cc(C=Cc2ccc(OC)c(OC)c2NS(=O)(=O)c2ccc(F)cc2)cc(OC)c1OC. The molecule has 0 aliphatic carbocycles. The van der Waals surface area contributed by atoms with Crippen LogP contribution < -0.4 is 28.4 Å². The molecule has 0 unspecified atom stereocenters. The molecule has 0 fully saturated rings. The third kappa shape index (κ3) is 5.60. The van der Waals surface area contributed by atoms with Crippen LogP contribution in [0.5, 0.6) is 28.7 Å².